The lowest BCUT2D eigenvalue weighted by atomic mass is 9.99. The molecule has 0 N–H and O–H groups in total. The van der Waals surface area contributed by atoms with Gasteiger partial charge in [-0.2, -0.15) is 0 Å². The third kappa shape index (κ3) is 5.71. The van der Waals surface area contributed by atoms with Gasteiger partial charge in [0.1, 0.15) is 5.75 Å². The Morgan fingerprint density at radius 2 is 1.17 bits per heavy atom. The number of ether oxygens (including phenoxy) is 2. The molecule has 0 saturated carbocycles. The van der Waals surface area contributed by atoms with Crippen LogP contribution in [0.3, 0.4) is 0 Å². The minimum absolute atomic E-state index is 0.319. The fourth-order valence-corrected chi connectivity index (χ4v) is 3.23. The molecule has 29 heavy (non-hydrogen) atoms. The van der Waals surface area contributed by atoms with Crippen LogP contribution >= 0.6 is 0 Å². The molecule has 0 aliphatic carbocycles. The SMILES string of the molecule is CCCCCCOc1ccc(-c2ccc(-c3ccc(C(=O)OC)cc3)cc2)cc1. The molecule has 0 atom stereocenters. The summed E-state index contributed by atoms with van der Waals surface area (Å²) in [4.78, 5) is 11.6. The summed E-state index contributed by atoms with van der Waals surface area (Å²) < 4.78 is 10.6. The summed E-state index contributed by atoms with van der Waals surface area (Å²) in [6.07, 6.45) is 4.85. The van der Waals surface area contributed by atoms with Crippen LogP contribution in [0.25, 0.3) is 22.3 Å². The number of unbranched alkanes of at least 4 members (excludes halogenated alkanes) is 3. The summed E-state index contributed by atoms with van der Waals surface area (Å²) in [5, 5.41) is 0. The van der Waals surface area contributed by atoms with E-state index in [9.17, 15) is 4.79 Å². The lowest BCUT2D eigenvalue weighted by Crippen LogP contribution is -2.00. The van der Waals surface area contributed by atoms with Crippen LogP contribution in [0.15, 0.2) is 72.8 Å². The van der Waals surface area contributed by atoms with Gasteiger partial charge in [-0.05, 0) is 52.9 Å². The standard InChI is InChI=1S/C26H28O3/c1-3-4-5-6-19-29-25-17-15-23(16-18-25)21-9-7-20(8-10-21)22-11-13-24(14-12-22)26(27)28-2/h7-18H,3-6,19H2,1-2H3. The van der Waals surface area contributed by atoms with Crippen molar-refractivity contribution in [1.82, 2.24) is 0 Å². The molecule has 3 aromatic rings. The van der Waals surface area contributed by atoms with Crippen LogP contribution < -0.4 is 4.74 Å². The molecule has 3 nitrogen and oxygen atoms in total. The lowest BCUT2D eigenvalue weighted by Gasteiger charge is -2.08. The fraction of sp³-hybridized carbons (Fsp3) is 0.269. The highest BCUT2D eigenvalue weighted by Crippen LogP contribution is 2.26. The van der Waals surface area contributed by atoms with E-state index in [0.29, 0.717) is 5.56 Å². The van der Waals surface area contributed by atoms with Crippen molar-refractivity contribution in [3.63, 3.8) is 0 Å². The smallest absolute Gasteiger partial charge is 0.337 e. The zero-order valence-electron chi connectivity index (χ0n) is 17.2. The molecule has 0 heterocycles. The van der Waals surface area contributed by atoms with Crippen molar-refractivity contribution in [2.45, 2.75) is 32.6 Å². The molecule has 0 unspecified atom stereocenters. The second kappa shape index (κ2) is 10.5. The summed E-state index contributed by atoms with van der Waals surface area (Å²) in [7, 11) is 1.39. The minimum atomic E-state index is -0.319. The van der Waals surface area contributed by atoms with Crippen LogP contribution in [-0.4, -0.2) is 19.7 Å². The van der Waals surface area contributed by atoms with Gasteiger partial charge in [0.15, 0.2) is 0 Å². The Hall–Kier alpha value is -3.07. The molecule has 0 aliphatic heterocycles. The van der Waals surface area contributed by atoms with E-state index in [1.54, 1.807) is 12.1 Å². The zero-order chi connectivity index (χ0) is 20.5. The lowest BCUT2D eigenvalue weighted by molar-refractivity contribution is 0.0601. The fourth-order valence-electron chi connectivity index (χ4n) is 3.23. The summed E-state index contributed by atoms with van der Waals surface area (Å²) in [6, 6.07) is 24.1. The van der Waals surface area contributed by atoms with Crippen molar-refractivity contribution < 1.29 is 14.3 Å². The molecule has 0 amide bonds. The quantitative estimate of drug-likeness (QED) is 0.300. The molecule has 0 aliphatic rings. The van der Waals surface area contributed by atoms with Crippen LogP contribution in [0, 0.1) is 0 Å². The minimum Gasteiger partial charge on any atom is -0.494 e. The number of carbonyl (C=O) groups is 1. The van der Waals surface area contributed by atoms with Crippen LogP contribution in [-0.2, 0) is 4.74 Å². The van der Waals surface area contributed by atoms with Crippen LogP contribution in [0.5, 0.6) is 5.75 Å². The number of carbonyl (C=O) groups excluding carboxylic acids is 1. The molecule has 0 saturated heterocycles. The van der Waals surface area contributed by atoms with Crippen molar-refractivity contribution in [3.05, 3.63) is 78.4 Å². The molecule has 3 aromatic carbocycles. The first kappa shape index (κ1) is 20.7. The molecular weight excluding hydrogens is 360 g/mol. The highest BCUT2D eigenvalue weighted by Gasteiger charge is 2.06. The van der Waals surface area contributed by atoms with Gasteiger partial charge in [-0.25, -0.2) is 4.79 Å². The maximum atomic E-state index is 11.6. The van der Waals surface area contributed by atoms with E-state index in [1.807, 2.05) is 24.3 Å². The van der Waals surface area contributed by atoms with Crippen molar-refractivity contribution in [2.75, 3.05) is 13.7 Å². The molecule has 3 heteroatoms. The highest BCUT2D eigenvalue weighted by atomic mass is 16.5. The Labute approximate surface area is 173 Å². The van der Waals surface area contributed by atoms with Gasteiger partial charge in [0.25, 0.3) is 0 Å². The number of rotatable bonds is 9. The van der Waals surface area contributed by atoms with Gasteiger partial charge in [-0.3, -0.25) is 0 Å². The average Bonchev–Trinajstić information content (AvgIpc) is 2.79. The van der Waals surface area contributed by atoms with Crippen LogP contribution in [0.2, 0.25) is 0 Å². The predicted molar refractivity (Wildman–Crippen MR) is 118 cm³/mol. The Kier molecular flexibility index (Phi) is 7.46. The van der Waals surface area contributed by atoms with Crippen molar-refractivity contribution in [2.24, 2.45) is 0 Å². The number of hydrogen-bond acceptors (Lipinski definition) is 3. The Balaban J connectivity index is 1.61. The molecule has 0 aromatic heterocycles. The van der Waals surface area contributed by atoms with E-state index in [2.05, 4.69) is 43.3 Å². The van der Waals surface area contributed by atoms with Crippen molar-refractivity contribution in [3.8, 4) is 28.0 Å². The second-order valence-electron chi connectivity index (χ2n) is 7.08. The largest absolute Gasteiger partial charge is 0.494 e. The summed E-state index contributed by atoms with van der Waals surface area (Å²) in [5.41, 5.74) is 5.05. The first-order valence-electron chi connectivity index (χ1n) is 10.2. The van der Waals surface area contributed by atoms with Gasteiger partial charge >= 0.3 is 5.97 Å². The number of methoxy groups -OCH3 is 1. The molecular formula is C26H28O3. The van der Waals surface area contributed by atoms with Gasteiger partial charge in [0.2, 0.25) is 0 Å². The monoisotopic (exact) mass is 388 g/mol. The molecule has 150 valence electrons. The van der Waals surface area contributed by atoms with Gasteiger partial charge in [-0.1, -0.05) is 74.7 Å². The van der Waals surface area contributed by atoms with E-state index >= 15 is 0 Å². The van der Waals surface area contributed by atoms with Gasteiger partial charge in [0, 0.05) is 0 Å². The third-order valence-electron chi connectivity index (χ3n) is 4.98. The summed E-state index contributed by atoms with van der Waals surface area (Å²) in [5.74, 6) is 0.604. The molecule has 3 rings (SSSR count). The highest BCUT2D eigenvalue weighted by molar-refractivity contribution is 5.90. The number of esters is 1. The second-order valence-corrected chi connectivity index (χ2v) is 7.08. The molecule has 0 fully saturated rings. The van der Waals surface area contributed by atoms with Gasteiger partial charge in [0.05, 0.1) is 19.3 Å². The van der Waals surface area contributed by atoms with Crippen molar-refractivity contribution in [1.29, 1.82) is 0 Å². The Morgan fingerprint density at radius 1 is 0.690 bits per heavy atom. The molecule has 0 spiro atoms. The van der Waals surface area contributed by atoms with E-state index in [0.717, 1.165) is 41.0 Å². The molecule has 0 radical (unpaired) electrons. The van der Waals surface area contributed by atoms with Gasteiger partial charge < -0.3 is 9.47 Å². The summed E-state index contributed by atoms with van der Waals surface area (Å²) >= 11 is 0. The first-order chi connectivity index (χ1) is 14.2. The van der Waals surface area contributed by atoms with Crippen LogP contribution in [0.4, 0.5) is 0 Å². The normalized spacial score (nSPS) is 10.6. The van der Waals surface area contributed by atoms with E-state index in [-0.39, 0.29) is 5.97 Å². The zero-order valence-corrected chi connectivity index (χ0v) is 17.2. The van der Waals surface area contributed by atoms with E-state index in [1.165, 1.54) is 26.4 Å². The average molecular weight is 389 g/mol. The van der Waals surface area contributed by atoms with Gasteiger partial charge in [-0.15, -0.1) is 0 Å². The maximum Gasteiger partial charge on any atom is 0.337 e. The predicted octanol–water partition coefficient (Wildman–Crippen LogP) is 6.77. The molecule has 0 bridgehead atoms. The first-order valence-corrected chi connectivity index (χ1v) is 10.2. The van der Waals surface area contributed by atoms with Crippen molar-refractivity contribution >= 4 is 5.97 Å². The maximum absolute atomic E-state index is 11.6. The number of hydrogen-bond donors (Lipinski definition) is 0. The summed E-state index contributed by atoms with van der Waals surface area (Å²) in [6.45, 7) is 3.00. The number of benzene rings is 3. The van der Waals surface area contributed by atoms with E-state index in [4.69, 9.17) is 9.47 Å². The third-order valence-corrected chi connectivity index (χ3v) is 4.98. The Bertz CT molecular complexity index is 894. The van der Waals surface area contributed by atoms with E-state index < -0.39 is 0 Å². The Morgan fingerprint density at radius 3 is 1.66 bits per heavy atom. The van der Waals surface area contributed by atoms with Crippen LogP contribution in [0.1, 0.15) is 43.0 Å². The topological polar surface area (TPSA) is 35.5 Å².